The molecule has 1 aromatic heterocycles. The first kappa shape index (κ1) is 6.71. The number of nitrogens with one attached hydrogen (secondary N) is 1. The second-order valence-electron chi connectivity index (χ2n) is 4.86. The molecule has 0 spiro atoms. The van der Waals surface area contributed by atoms with Gasteiger partial charge in [-0.2, -0.15) is 0 Å². The first-order valence-corrected chi connectivity index (χ1v) is 6.15. The smallest absolute Gasteiger partial charge is 0.123 e. The number of rotatable bonds is 2. The van der Waals surface area contributed by atoms with Gasteiger partial charge in [0.15, 0.2) is 0 Å². The quantitative estimate of drug-likeness (QED) is 0.869. The van der Waals surface area contributed by atoms with Gasteiger partial charge in [-0.15, -0.1) is 0 Å². The lowest BCUT2D eigenvalue weighted by Gasteiger charge is -2.19. The van der Waals surface area contributed by atoms with E-state index in [2.05, 4.69) is 4.98 Å². The van der Waals surface area contributed by atoms with Crippen LogP contribution in [-0.4, -0.2) is 29.4 Å². The summed E-state index contributed by atoms with van der Waals surface area (Å²) in [4.78, 5) is 4.31. The molecular formula is C15H19FN2. The average Bonchev–Trinajstić information content (AvgIpc) is 3.03. The van der Waals surface area contributed by atoms with Crippen LogP contribution in [0.5, 0.6) is 0 Å². The van der Waals surface area contributed by atoms with Crippen molar-refractivity contribution >= 4 is 10.9 Å². The summed E-state index contributed by atoms with van der Waals surface area (Å²) >= 11 is 0. The van der Waals surface area contributed by atoms with Crippen LogP contribution in [0.2, 0.25) is 0 Å². The van der Waals surface area contributed by atoms with Crippen molar-refractivity contribution < 1.29 is 12.6 Å². The number of aryl methyl sites for hydroxylation is 1. The highest BCUT2D eigenvalue weighted by Crippen LogP contribution is 2.27. The Bertz CT molecular complexity index is 749. The molecule has 2 nitrogen and oxygen atoms in total. The zero-order chi connectivity index (χ0) is 17.7. The molecule has 1 aliphatic rings. The zero-order valence-corrected chi connectivity index (χ0v) is 9.96. The predicted molar refractivity (Wildman–Crippen MR) is 72.3 cm³/mol. The predicted octanol–water partition coefficient (Wildman–Crippen LogP) is 3.25. The second kappa shape index (κ2) is 4.39. The maximum absolute atomic E-state index is 13.6. The van der Waals surface area contributed by atoms with Gasteiger partial charge in [-0.25, -0.2) is 4.39 Å². The number of likely N-dealkylation sites (N-methyl/N-ethyl adjacent to an activating group) is 1. The van der Waals surface area contributed by atoms with Crippen molar-refractivity contribution in [1.82, 2.24) is 9.88 Å². The number of benzene rings is 1. The van der Waals surface area contributed by atoms with Gasteiger partial charge >= 0.3 is 0 Å². The van der Waals surface area contributed by atoms with Crippen LogP contribution < -0.4 is 0 Å². The third-order valence-corrected chi connectivity index (χ3v) is 3.69. The Labute approximate surface area is 115 Å². The maximum atomic E-state index is 13.6. The summed E-state index contributed by atoms with van der Waals surface area (Å²) < 4.78 is 59.8. The summed E-state index contributed by atoms with van der Waals surface area (Å²) in [6.07, 6.45) is 1.71. The fraction of sp³-hybridized carbons (Fsp3) is 0.467. The third-order valence-electron chi connectivity index (χ3n) is 3.69. The van der Waals surface area contributed by atoms with Crippen molar-refractivity contribution in [2.75, 3.05) is 13.5 Å². The molecule has 0 aliphatic carbocycles. The molecular weight excluding hydrogens is 227 g/mol. The minimum atomic E-state index is -2.37. The number of hydrogen-bond acceptors (Lipinski definition) is 1. The van der Waals surface area contributed by atoms with Crippen molar-refractivity contribution in [3.05, 3.63) is 35.3 Å². The number of fused-ring (bicyclic) bond motifs is 1. The molecule has 0 radical (unpaired) electrons. The Hall–Kier alpha value is -1.35. The highest BCUT2D eigenvalue weighted by atomic mass is 19.1. The van der Waals surface area contributed by atoms with Crippen LogP contribution in [0.3, 0.4) is 0 Å². The van der Waals surface area contributed by atoms with E-state index in [1.165, 1.54) is 23.1 Å². The molecule has 0 amide bonds. The van der Waals surface area contributed by atoms with Crippen molar-refractivity contribution in [1.29, 1.82) is 0 Å². The highest BCUT2D eigenvalue weighted by molar-refractivity contribution is 5.84. The SMILES string of the molecule is [2H]C([2H])([2H])c1[nH]c2ccc(F)cc2c1C[C@H]1CCCN1C([2H])([2H])[2H]. The van der Waals surface area contributed by atoms with Crippen LogP contribution in [0.1, 0.15) is 32.3 Å². The summed E-state index contributed by atoms with van der Waals surface area (Å²) in [7, 11) is 0. The summed E-state index contributed by atoms with van der Waals surface area (Å²) in [5.41, 5.74) is 1.11. The largest absolute Gasteiger partial charge is 0.358 e. The summed E-state index contributed by atoms with van der Waals surface area (Å²) in [5.74, 6) is -0.445. The fourth-order valence-electron chi connectivity index (χ4n) is 2.72. The Morgan fingerprint density at radius 1 is 1.56 bits per heavy atom. The van der Waals surface area contributed by atoms with E-state index in [9.17, 15) is 4.39 Å². The average molecular weight is 252 g/mol. The maximum Gasteiger partial charge on any atom is 0.123 e. The molecule has 1 N–H and O–H groups in total. The molecule has 2 heterocycles. The van der Waals surface area contributed by atoms with Crippen LogP contribution in [-0.2, 0) is 6.42 Å². The van der Waals surface area contributed by atoms with Gasteiger partial charge in [-0.1, -0.05) is 0 Å². The lowest BCUT2D eigenvalue weighted by Crippen LogP contribution is -2.26. The van der Waals surface area contributed by atoms with E-state index in [4.69, 9.17) is 8.22 Å². The van der Waals surface area contributed by atoms with Crippen LogP contribution in [0.15, 0.2) is 18.2 Å². The molecule has 0 bridgehead atoms. The van der Waals surface area contributed by atoms with Gasteiger partial charge in [0.1, 0.15) is 5.82 Å². The number of halogens is 1. The minimum absolute atomic E-state index is 0.0699. The zero-order valence-electron chi connectivity index (χ0n) is 16.0. The number of aromatic amines is 1. The molecule has 2 aromatic rings. The van der Waals surface area contributed by atoms with E-state index in [1.54, 1.807) is 0 Å². The molecule has 96 valence electrons. The van der Waals surface area contributed by atoms with Gasteiger partial charge in [-0.05, 0) is 63.4 Å². The molecule has 1 atom stereocenters. The van der Waals surface area contributed by atoms with E-state index in [0.29, 0.717) is 29.4 Å². The topological polar surface area (TPSA) is 19.0 Å². The van der Waals surface area contributed by atoms with E-state index in [1.807, 2.05) is 0 Å². The van der Waals surface area contributed by atoms with Gasteiger partial charge < -0.3 is 9.88 Å². The molecule has 0 saturated carbocycles. The van der Waals surface area contributed by atoms with Crippen LogP contribution in [0, 0.1) is 12.7 Å². The van der Waals surface area contributed by atoms with E-state index >= 15 is 0 Å². The monoisotopic (exact) mass is 252 g/mol. The van der Waals surface area contributed by atoms with Crippen molar-refractivity contribution in [2.45, 2.75) is 32.2 Å². The van der Waals surface area contributed by atoms with E-state index in [-0.39, 0.29) is 18.2 Å². The third kappa shape index (κ3) is 1.93. The Balaban J connectivity index is 2.06. The fourth-order valence-corrected chi connectivity index (χ4v) is 2.72. The van der Waals surface area contributed by atoms with Gasteiger partial charge in [-0.3, -0.25) is 0 Å². The first-order chi connectivity index (χ1) is 11.1. The van der Waals surface area contributed by atoms with Crippen LogP contribution >= 0.6 is 0 Å². The van der Waals surface area contributed by atoms with E-state index < -0.39 is 19.6 Å². The molecule has 1 fully saturated rings. The summed E-state index contributed by atoms with van der Waals surface area (Å²) in [6.45, 7) is -4.12. The Morgan fingerprint density at radius 3 is 3.33 bits per heavy atom. The molecule has 1 aromatic carbocycles. The molecule has 1 saturated heterocycles. The lowest BCUT2D eigenvalue weighted by atomic mass is 10.0. The van der Waals surface area contributed by atoms with Crippen molar-refractivity contribution in [3.8, 4) is 0 Å². The number of likely N-dealkylation sites (tertiary alicyclic amines) is 1. The Morgan fingerprint density at radius 2 is 2.50 bits per heavy atom. The van der Waals surface area contributed by atoms with Gasteiger partial charge in [0.25, 0.3) is 0 Å². The van der Waals surface area contributed by atoms with Crippen molar-refractivity contribution in [2.24, 2.45) is 0 Å². The van der Waals surface area contributed by atoms with Crippen LogP contribution in [0.4, 0.5) is 4.39 Å². The lowest BCUT2D eigenvalue weighted by molar-refractivity contribution is 0.309. The molecule has 18 heavy (non-hydrogen) atoms. The van der Waals surface area contributed by atoms with Crippen LogP contribution in [0.25, 0.3) is 10.9 Å². The summed E-state index contributed by atoms with van der Waals surface area (Å²) in [6, 6.07) is 3.82. The summed E-state index contributed by atoms with van der Waals surface area (Å²) in [5, 5.41) is 0.513. The van der Waals surface area contributed by atoms with Gasteiger partial charge in [0.2, 0.25) is 0 Å². The standard InChI is InChI=1S/C15H19FN2/c1-10-13(9-12-4-3-7-18(12)2)14-8-11(16)5-6-15(14)17-10/h5-6,8,12,17H,3-4,7,9H2,1-2H3/t12-/m1/s1/i1D3,2D3. The minimum Gasteiger partial charge on any atom is -0.358 e. The number of hydrogen-bond donors (Lipinski definition) is 1. The second-order valence-corrected chi connectivity index (χ2v) is 4.86. The number of aromatic nitrogens is 1. The molecule has 3 heteroatoms. The van der Waals surface area contributed by atoms with E-state index in [0.717, 1.165) is 6.42 Å². The number of nitrogens with zero attached hydrogens (tertiary/aromatic N) is 1. The van der Waals surface area contributed by atoms with Gasteiger partial charge in [0.05, 0.1) is 0 Å². The Kier molecular flexibility index (Phi) is 1.64. The highest BCUT2D eigenvalue weighted by Gasteiger charge is 2.23. The van der Waals surface area contributed by atoms with Gasteiger partial charge in [0, 0.05) is 30.9 Å². The molecule has 1 aliphatic heterocycles. The molecule has 3 rings (SSSR count). The number of H-pyrrole nitrogens is 1. The van der Waals surface area contributed by atoms with Crippen molar-refractivity contribution in [3.63, 3.8) is 0 Å². The first-order valence-electron chi connectivity index (χ1n) is 9.15. The normalized spacial score (nSPS) is 27.3. The molecule has 0 unspecified atom stereocenters.